The highest BCUT2D eigenvalue weighted by molar-refractivity contribution is 7.17. The summed E-state index contributed by atoms with van der Waals surface area (Å²) >= 11 is 1.42. The first-order chi connectivity index (χ1) is 13.6. The van der Waals surface area contributed by atoms with Crippen LogP contribution >= 0.6 is 11.3 Å². The monoisotopic (exact) mass is 393 g/mol. The molecule has 0 atom stereocenters. The van der Waals surface area contributed by atoms with Crippen molar-refractivity contribution in [2.24, 2.45) is 0 Å². The van der Waals surface area contributed by atoms with Gasteiger partial charge in [0.2, 0.25) is 0 Å². The fourth-order valence-corrected chi connectivity index (χ4v) is 4.15. The summed E-state index contributed by atoms with van der Waals surface area (Å²) in [6.07, 6.45) is 2.19. The number of benzene rings is 2. The van der Waals surface area contributed by atoms with Gasteiger partial charge in [-0.05, 0) is 41.8 Å². The number of nitrogens with zero attached hydrogens (tertiary/aromatic N) is 1. The van der Waals surface area contributed by atoms with Gasteiger partial charge in [-0.3, -0.25) is 4.79 Å². The van der Waals surface area contributed by atoms with Gasteiger partial charge in [-0.1, -0.05) is 37.6 Å². The van der Waals surface area contributed by atoms with Crippen molar-refractivity contribution in [1.82, 2.24) is 9.97 Å². The van der Waals surface area contributed by atoms with Crippen molar-refractivity contribution < 1.29 is 4.39 Å². The lowest BCUT2D eigenvalue weighted by Crippen LogP contribution is -2.14. The van der Waals surface area contributed by atoms with Crippen molar-refractivity contribution in [3.05, 3.63) is 81.5 Å². The van der Waals surface area contributed by atoms with E-state index in [4.69, 9.17) is 0 Å². The zero-order valence-electron chi connectivity index (χ0n) is 15.5. The lowest BCUT2D eigenvalue weighted by Gasteiger charge is -2.07. The van der Waals surface area contributed by atoms with E-state index in [0.717, 1.165) is 29.7 Å². The number of hydrogen-bond acceptors (Lipinski definition) is 4. The Morgan fingerprint density at radius 1 is 1.11 bits per heavy atom. The average molecular weight is 393 g/mol. The molecule has 0 aliphatic heterocycles. The normalized spacial score (nSPS) is 11.1. The third-order valence-corrected chi connectivity index (χ3v) is 5.47. The van der Waals surface area contributed by atoms with Crippen LogP contribution in [0, 0.1) is 5.82 Å². The quantitative estimate of drug-likeness (QED) is 0.464. The standard InChI is InChI=1S/C22H20FN3OS/c1-2-3-14-4-10-17(11-5-14)24-12-19-25-21(27)20-18(13-28-22(20)26-19)15-6-8-16(23)9-7-15/h4-11,13,24H,2-3,12H2,1H3,(H,25,26,27). The molecule has 0 spiro atoms. The van der Waals surface area contributed by atoms with E-state index in [1.165, 1.54) is 29.0 Å². The Balaban J connectivity index is 1.56. The first kappa shape index (κ1) is 18.4. The molecule has 0 saturated heterocycles. The maximum atomic E-state index is 13.2. The Bertz CT molecular complexity index is 1150. The van der Waals surface area contributed by atoms with Crippen LogP contribution < -0.4 is 10.9 Å². The summed E-state index contributed by atoms with van der Waals surface area (Å²) < 4.78 is 13.2. The number of aryl methyl sites for hydroxylation is 1. The summed E-state index contributed by atoms with van der Waals surface area (Å²) in [4.78, 5) is 20.8. The van der Waals surface area contributed by atoms with Crippen LogP contribution in [0.4, 0.5) is 10.1 Å². The molecule has 2 aromatic carbocycles. The zero-order valence-corrected chi connectivity index (χ0v) is 16.3. The second kappa shape index (κ2) is 7.94. The Kier molecular flexibility index (Phi) is 5.21. The van der Waals surface area contributed by atoms with E-state index in [1.54, 1.807) is 12.1 Å². The SMILES string of the molecule is CCCc1ccc(NCc2nc3scc(-c4ccc(F)cc4)c3c(=O)[nH]2)cc1. The molecule has 2 heterocycles. The van der Waals surface area contributed by atoms with Crippen LogP contribution in [0.5, 0.6) is 0 Å². The second-order valence-electron chi connectivity index (χ2n) is 6.65. The summed E-state index contributed by atoms with van der Waals surface area (Å²) in [5.74, 6) is 0.286. The van der Waals surface area contributed by atoms with Crippen molar-refractivity contribution in [2.45, 2.75) is 26.3 Å². The molecule has 0 saturated carbocycles. The molecular weight excluding hydrogens is 373 g/mol. The Hall–Kier alpha value is -2.99. The molecule has 0 aliphatic rings. The van der Waals surface area contributed by atoms with Gasteiger partial charge in [0.15, 0.2) is 0 Å². The van der Waals surface area contributed by atoms with Crippen LogP contribution in [0.1, 0.15) is 24.7 Å². The van der Waals surface area contributed by atoms with Gasteiger partial charge in [0.25, 0.3) is 5.56 Å². The van der Waals surface area contributed by atoms with Crippen LogP contribution in [-0.4, -0.2) is 9.97 Å². The van der Waals surface area contributed by atoms with Crippen molar-refractivity contribution in [1.29, 1.82) is 0 Å². The lowest BCUT2D eigenvalue weighted by atomic mass is 10.1. The number of nitrogens with one attached hydrogen (secondary N) is 2. The number of rotatable bonds is 6. The number of H-pyrrole nitrogens is 1. The molecule has 4 nitrogen and oxygen atoms in total. The van der Waals surface area contributed by atoms with E-state index >= 15 is 0 Å². The van der Waals surface area contributed by atoms with Crippen molar-refractivity contribution in [3.63, 3.8) is 0 Å². The lowest BCUT2D eigenvalue weighted by molar-refractivity contribution is 0.628. The van der Waals surface area contributed by atoms with E-state index in [2.05, 4.69) is 34.3 Å². The fraction of sp³-hybridized carbons (Fsp3) is 0.182. The summed E-state index contributed by atoms with van der Waals surface area (Å²) in [7, 11) is 0. The topological polar surface area (TPSA) is 57.8 Å². The van der Waals surface area contributed by atoms with Crippen molar-refractivity contribution in [2.75, 3.05) is 5.32 Å². The largest absolute Gasteiger partial charge is 0.378 e. The number of halogens is 1. The molecule has 0 radical (unpaired) electrons. The molecule has 2 aromatic heterocycles. The van der Waals surface area contributed by atoms with E-state index in [-0.39, 0.29) is 11.4 Å². The molecule has 2 N–H and O–H groups in total. The van der Waals surface area contributed by atoms with Crippen LogP contribution in [0.2, 0.25) is 0 Å². The summed E-state index contributed by atoms with van der Waals surface area (Å²) in [6, 6.07) is 14.4. The smallest absolute Gasteiger partial charge is 0.260 e. The maximum Gasteiger partial charge on any atom is 0.260 e. The molecule has 0 aliphatic carbocycles. The van der Waals surface area contributed by atoms with Crippen molar-refractivity contribution >= 4 is 27.2 Å². The van der Waals surface area contributed by atoms with E-state index in [9.17, 15) is 9.18 Å². The minimum Gasteiger partial charge on any atom is -0.378 e. The predicted molar refractivity (Wildman–Crippen MR) is 113 cm³/mol. The molecule has 4 rings (SSSR count). The first-order valence-corrected chi connectivity index (χ1v) is 10.1. The van der Waals surface area contributed by atoms with Gasteiger partial charge in [0.1, 0.15) is 16.5 Å². The number of thiophene rings is 1. The van der Waals surface area contributed by atoms with Gasteiger partial charge in [-0.15, -0.1) is 11.3 Å². The first-order valence-electron chi connectivity index (χ1n) is 9.23. The van der Waals surface area contributed by atoms with Gasteiger partial charge in [0.05, 0.1) is 11.9 Å². The number of fused-ring (bicyclic) bond motifs is 1. The second-order valence-corrected chi connectivity index (χ2v) is 7.51. The minimum atomic E-state index is -0.300. The van der Waals surface area contributed by atoms with Gasteiger partial charge < -0.3 is 10.3 Å². The number of anilines is 1. The highest BCUT2D eigenvalue weighted by atomic mass is 32.1. The van der Waals surface area contributed by atoms with Crippen molar-refractivity contribution in [3.8, 4) is 11.1 Å². The van der Waals surface area contributed by atoms with E-state index in [0.29, 0.717) is 22.6 Å². The van der Waals surface area contributed by atoms with Crippen LogP contribution in [0.15, 0.2) is 58.7 Å². The molecule has 28 heavy (non-hydrogen) atoms. The molecule has 0 bridgehead atoms. The van der Waals surface area contributed by atoms with Gasteiger partial charge >= 0.3 is 0 Å². The van der Waals surface area contributed by atoms with Crippen LogP contribution in [-0.2, 0) is 13.0 Å². The van der Waals surface area contributed by atoms with Crippen LogP contribution in [0.25, 0.3) is 21.3 Å². The number of hydrogen-bond donors (Lipinski definition) is 2. The Labute approximate surface area is 166 Å². The minimum absolute atomic E-state index is 0.180. The zero-order chi connectivity index (χ0) is 19.5. The number of aromatic nitrogens is 2. The summed E-state index contributed by atoms with van der Waals surface area (Å²) in [5.41, 5.74) is 3.70. The molecule has 142 valence electrons. The molecular formula is C22H20FN3OS. The van der Waals surface area contributed by atoms with E-state index < -0.39 is 0 Å². The Morgan fingerprint density at radius 2 is 1.86 bits per heavy atom. The molecule has 6 heteroatoms. The highest BCUT2D eigenvalue weighted by Gasteiger charge is 2.13. The van der Waals surface area contributed by atoms with Gasteiger partial charge in [0, 0.05) is 16.6 Å². The molecule has 4 aromatic rings. The molecule has 0 amide bonds. The maximum absolute atomic E-state index is 13.2. The Morgan fingerprint density at radius 3 is 2.57 bits per heavy atom. The van der Waals surface area contributed by atoms with Crippen LogP contribution in [0.3, 0.4) is 0 Å². The fourth-order valence-electron chi connectivity index (χ4n) is 3.18. The number of aromatic amines is 1. The molecule has 0 unspecified atom stereocenters. The van der Waals surface area contributed by atoms with Gasteiger partial charge in [-0.25, -0.2) is 9.37 Å². The molecule has 0 fully saturated rings. The summed E-state index contributed by atoms with van der Waals surface area (Å²) in [5, 5.41) is 5.74. The van der Waals surface area contributed by atoms with Gasteiger partial charge in [-0.2, -0.15) is 0 Å². The summed E-state index contributed by atoms with van der Waals surface area (Å²) in [6.45, 7) is 2.60. The highest BCUT2D eigenvalue weighted by Crippen LogP contribution is 2.30. The predicted octanol–water partition coefficient (Wildman–Crippen LogP) is 5.36. The average Bonchev–Trinajstić information content (AvgIpc) is 3.13. The third kappa shape index (κ3) is 3.82. The third-order valence-electron chi connectivity index (χ3n) is 4.60. The van der Waals surface area contributed by atoms with E-state index in [1.807, 2.05) is 17.5 Å².